The second-order valence-corrected chi connectivity index (χ2v) is 4.53. The number of anilines is 2. The van der Waals surface area contributed by atoms with Crippen LogP contribution in [0.1, 0.15) is 10.4 Å². The molecular formula is C13H11Cl2N3O. The van der Waals surface area contributed by atoms with Gasteiger partial charge in [-0.3, -0.25) is 10.6 Å². The molecule has 0 radical (unpaired) electrons. The number of nitrogens with one attached hydrogen (secondary N) is 2. The number of rotatable bonds is 3. The van der Waals surface area contributed by atoms with Crippen LogP contribution in [0.3, 0.4) is 0 Å². The summed E-state index contributed by atoms with van der Waals surface area (Å²) < 4.78 is 0. The first-order chi connectivity index (χ1) is 9.13. The van der Waals surface area contributed by atoms with Gasteiger partial charge in [-0.2, -0.15) is 0 Å². The third-order valence-electron chi connectivity index (χ3n) is 2.53. The summed E-state index contributed by atoms with van der Waals surface area (Å²) in [6, 6.07) is 11.9. The molecule has 98 valence electrons. The van der Waals surface area contributed by atoms with Gasteiger partial charge in [0.25, 0.3) is 5.91 Å². The third kappa shape index (κ3) is 2.98. The van der Waals surface area contributed by atoms with Crippen LogP contribution in [0.4, 0.5) is 11.4 Å². The number of nitrogens with two attached hydrogens (primary N) is 1. The highest BCUT2D eigenvalue weighted by molar-refractivity contribution is 6.44. The van der Waals surface area contributed by atoms with E-state index in [0.717, 1.165) is 0 Å². The lowest BCUT2D eigenvalue weighted by Gasteiger charge is -2.11. The summed E-state index contributed by atoms with van der Waals surface area (Å²) in [4.78, 5) is 12.1. The maximum Gasteiger partial charge on any atom is 0.257 e. The van der Waals surface area contributed by atoms with Gasteiger partial charge in [0, 0.05) is 0 Å². The lowest BCUT2D eigenvalue weighted by atomic mass is 10.1. The second kappa shape index (κ2) is 5.93. The van der Waals surface area contributed by atoms with E-state index in [1.165, 1.54) is 0 Å². The van der Waals surface area contributed by atoms with E-state index in [2.05, 4.69) is 10.7 Å². The SMILES string of the molecule is NNc1ccccc1C(=O)Nc1cccc(Cl)c1Cl. The Balaban J connectivity index is 2.28. The molecule has 0 saturated heterocycles. The Kier molecular flexibility index (Phi) is 4.27. The van der Waals surface area contributed by atoms with Crippen LogP contribution < -0.4 is 16.6 Å². The van der Waals surface area contributed by atoms with Crippen molar-refractivity contribution in [3.8, 4) is 0 Å². The fourth-order valence-corrected chi connectivity index (χ4v) is 1.94. The molecule has 0 heterocycles. The summed E-state index contributed by atoms with van der Waals surface area (Å²) in [7, 11) is 0. The highest BCUT2D eigenvalue weighted by Gasteiger charge is 2.12. The minimum Gasteiger partial charge on any atom is -0.323 e. The highest BCUT2D eigenvalue weighted by Crippen LogP contribution is 2.30. The Labute approximate surface area is 120 Å². The standard InChI is InChI=1S/C13H11Cl2N3O/c14-9-5-3-7-11(12(9)15)17-13(19)8-4-1-2-6-10(8)18-16/h1-7,18H,16H2,(H,17,19). The predicted octanol–water partition coefficient (Wildman–Crippen LogP) is 3.53. The van der Waals surface area contributed by atoms with Crippen LogP contribution in [0, 0.1) is 0 Å². The molecule has 2 aromatic carbocycles. The average molecular weight is 296 g/mol. The number of carbonyl (C=O) groups excluding carboxylic acids is 1. The van der Waals surface area contributed by atoms with E-state index in [-0.39, 0.29) is 5.91 Å². The summed E-state index contributed by atoms with van der Waals surface area (Å²) >= 11 is 11.9. The van der Waals surface area contributed by atoms with Crippen molar-refractivity contribution in [2.45, 2.75) is 0 Å². The Morgan fingerprint density at radius 1 is 1.00 bits per heavy atom. The highest BCUT2D eigenvalue weighted by atomic mass is 35.5. The first-order valence-electron chi connectivity index (χ1n) is 5.44. The van der Waals surface area contributed by atoms with Crippen LogP contribution in [-0.2, 0) is 0 Å². The van der Waals surface area contributed by atoms with E-state index in [9.17, 15) is 4.79 Å². The van der Waals surface area contributed by atoms with Gasteiger partial charge in [0.05, 0.1) is 27.0 Å². The van der Waals surface area contributed by atoms with Crippen molar-refractivity contribution in [3.05, 3.63) is 58.1 Å². The number of halogens is 2. The number of hydrogen-bond acceptors (Lipinski definition) is 3. The van der Waals surface area contributed by atoms with Crippen molar-refractivity contribution in [1.29, 1.82) is 0 Å². The van der Waals surface area contributed by atoms with E-state index < -0.39 is 0 Å². The van der Waals surface area contributed by atoms with Crippen LogP contribution in [0.5, 0.6) is 0 Å². The van der Waals surface area contributed by atoms with Gasteiger partial charge < -0.3 is 10.7 Å². The van der Waals surface area contributed by atoms with E-state index in [4.69, 9.17) is 29.0 Å². The first kappa shape index (κ1) is 13.7. The van der Waals surface area contributed by atoms with Gasteiger partial charge in [0.2, 0.25) is 0 Å². The Morgan fingerprint density at radius 3 is 2.42 bits per heavy atom. The zero-order chi connectivity index (χ0) is 13.8. The number of hydrogen-bond donors (Lipinski definition) is 3. The van der Waals surface area contributed by atoms with E-state index in [0.29, 0.717) is 27.0 Å². The molecule has 0 bridgehead atoms. The molecule has 1 amide bonds. The monoisotopic (exact) mass is 295 g/mol. The molecule has 2 aromatic rings. The minimum absolute atomic E-state index is 0.302. The summed E-state index contributed by atoms with van der Waals surface area (Å²) in [5.74, 6) is 5.04. The molecule has 0 unspecified atom stereocenters. The van der Waals surface area contributed by atoms with Gasteiger partial charge >= 0.3 is 0 Å². The molecule has 19 heavy (non-hydrogen) atoms. The lowest BCUT2D eigenvalue weighted by molar-refractivity contribution is 0.102. The number of amides is 1. The zero-order valence-electron chi connectivity index (χ0n) is 9.78. The molecular weight excluding hydrogens is 285 g/mol. The molecule has 0 aliphatic carbocycles. The van der Waals surface area contributed by atoms with Crippen molar-refractivity contribution in [3.63, 3.8) is 0 Å². The molecule has 2 rings (SSSR count). The smallest absolute Gasteiger partial charge is 0.257 e. The number of para-hydroxylation sites is 1. The Hall–Kier alpha value is -1.75. The molecule has 4 nitrogen and oxygen atoms in total. The zero-order valence-corrected chi connectivity index (χ0v) is 11.3. The molecule has 0 aliphatic rings. The molecule has 0 atom stereocenters. The normalized spacial score (nSPS) is 10.1. The Bertz CT molecular complexity index is 617. The number of benzene rings is 2. The molecule has 6 heteroatoms. The summed E-state index contributed by atoms with van der Waals surface area (Å²) in [5.41, 5.74) is 3.86. The van der Waals surface area contributed by atoms with E-state index >= 15 is 0 Å². The topological polar surface area (TPSA) is 67.1 Å². The fraction of sp³-hybridized carbons (Fsp3) is 0. The molecule has 0 aromatic heterocycles. The average Bonchev–Trinajstić information content (AvgIpc) is 2.43. The van der Waals surface area contributed by atoms with Crippen LogP contribution in [0.25, 0.3) is 0 Å². The summed E-state index contributed by atoms with van der Waals surface area (Å²) in [5, 5.41) is 3.37. The van der Waals surface area contributed by atoms with Crippen molar-refractivity contribution < 1.29 is 4.79 Å². The maximum absolute atomic E-state index is 12.1. The van der Waals surface area contributed by atoms with Gasteiger partial charge in [-0.05, 0) is 24.3 Å². The molecule has 0 fully saturated rings. The van der Waals surface area contributed by atoms with Crippen LogP contribution in [-0.4, -0.2) is 5.91 Å². The lowest BCUT2D eigenvalue weighted by Crippen LogP contribution is -2.17. The van der Waals surface area contributed by atoms with Gasteiger partial charge in [0.1, 0.15) is 0 Å². The predicted molar refractivity (Wildman–Crippen MR) is 78.7 cm³/mol. The number of hydrazine groups is 1. The van der Waals surface area contributed by atoms with Crippen LogP contribution in [0.2, 0.25) is 10.0 Å². The van der Waals surface area contributed by atoms with E-state index in [1.54, 1.807) is 42.5 Å². The third-order valence-corrected chi connectivity index (χ3v) is 3.35. The molecule has 0 spiro atoms. The van der Waals surface area contributed by atoms with Crippen LogP contribution >= 0.6 is 23.2 Å². The minimum atomic E-state index is -0.322. The van der Waals surface area contributed by atoms with E-state index in [1.807, 2.05) is 0 Å². The van der Waals surface area contributed by atoms with Crippen molar-refractivity contribution in [2.24, 2.45) is 5.84 Å². The first-order valence-corrected chi connectivity index (χ1v) is 6.20. The fourth-order valence-electron chi connectivity index (χ4n) is 1.60. The molecule has 4 N–H and O–H groups in total. The largest absolute Gasteiger partial charge is 0.323 e. The maximum atomic E-state index is 12.1. The van der Waals surface area contributed by atoms with Gasteiger partial charge in [-0.25, -0.2) is 0 Å². The van der Waals surface area contributed by atoms with Crippen LogP contribution in [0.15, 0.2) is 42.5 Å². The van der Waals surface area contributed by atoms with Crippen molar-refractivity contribution >= 4 is 40.5 Å². The summed E-state index contributed by atoms with van der Waals surface area (Å²) in [6.45, 7) is 0. The van der Waals surface area contributed by atoms with Gasteiger partial charge in [-0.1, -0.05) is 41.4 Å². The number of nitrogen functional groups attached to an aromatic ring is 1. The summed E-state index contributed by atoms with van der Waals surface area (Å²) in [6.07, 6.45) is 0. The second-order valence-electron chi connectivity index (χ2n) is 3.75. The quantitative estimate of drug-likeness (QED) is 0.599. The molecule has 0 aliphatic heterocycles. The Morgan fingerprint density at radius 2 is 1.68 bits per heavy atom. The van der Waals surface area contributed by atoms with Gasteiger partial charge in [0.15, 0.2) is 0 Å². The molecule has 0 saturated carbocycles. The number of carbonyl (C=O) groups is 1. The van der Waals surface area contributed by atoms with Gasteiger partial charge in [-0.15, -0.1) is 0 Å². The van der Waals surface area contributed by atoms with Crippen molar-refractivity contribution in [2.75, 3.05) is 10.7 Å². The van der Waals surface area contributed by atoms with Crippen molar-refractivity contribution in [1.82, 2.24) is 0 Å².